The highest BCUT2D eigenvalue weighted by Crippen LogP contribution is 2.29. The van der Waals surface area contributed by atoms with Crippen molar-refractivity contribution < 1.29 is 4.74 Å². The molecule has 0 bridgehead atoms. The maximum absolute atomic E-state index is 5.89. The molecule has 0 spiro atoms. The van der Waals surface area contributed by atoms with Crippen molar-refractivity contribution in [2.24, 2.45) is 0 Å². The molecule has 2 fully saturated rings. The van der Waals surface area contributed by atoms with Crippen LogP contribution in [0.1, 0.15) is 31.4 Å². The molecule has 0 amide bonds. The number of hydrogen-bond acceptors (Lipinski definition) is 4. The molecule has 1 aliphatic carbocycles. The van der Waals surface area contributed by atoms with Crippen molar-refractivity contribution in [2.45, 2.75) is 44.4 Å². The lowest BCUT2D eigenvalue weighted by Crippen LogP contribution is -2.52. The summed E-state index contributed by atoms with van der Waals surface area (Å²) in [6.07, 6.45) is 7.34. The van der Waals surface area contributed by atoms with Crippen LogP contribution in [-0.4, -0.2) is 35.2 Å². The third kappa shape index (κ3) is 2.49. The molecule has 2 heterocycles. The molecular weight excluding hydrogens is 226 g/mol. The molecule has 4 nitrogen and oxygen atoms in total. The molecule has 1 saturated heterocycles. The highest BCUT2D eigenvalue weighted by Gasteiger charge is 2.34. The van der Waals surface area contributed by atoms with Gasteiger partial charge in [0.15, 0.2) is 0 Å². The zero-order chi connectivity index (χ0) is 12.4. The molecule has 2 atom stereocenters. The van der Waals surface area contributed by atoms with Gasteiger partial charge in [-0.05, 0) is 25.0 Å². The topological polar surface area (TPSA) is 51.4 Å². The Morgan fingerprint density at radius 2 is 2.28 bits per heavy atom. The quantitative estimate of drug-likeness (QED) is 0.866. The van der Waals surface area contributed by atoms with Crippen molar-refractivity contribution >= 4 is 5.69 Å². The number of fused-ring (bicyclic) bond motifs is 1. The van der Waals surface area contributed by atoms with E-state index in [1.54, 1.807) is 6.20 Å². The van der Waals surface area contributed by atoms with Gasteiger partial charge < -0.3 is 10.5 Å². The van der Waals surface area contributed by atoms with Crippen molar-refractivity contribution in [1.29, 1.82) is 0 Å². The van der Waals surface area contributed by atoms with Crippen LogP contribution in [0.15, 0.2) is 18.3 Å². The van der Waals surface area contributed by atoms with E-state index in [1.807, 2.05) is 12.1 Å². The summed E-state index contributed by atoms with van der Waals surface area (Å²) < 4.78 is 5.89. The first-order chi connectivity index (χ1) is 8.83. The molecule has 0 aromatic carbocycles. The highest BCUT2D eigenvalue weighted by molar-refractivity contribution is 5.37. The summed E-state index contributed by atoms with van der Waals surface area (Å²) in [6.45, 7) is 2.76. The average Bonchev–Trinajstić information content (AvgIpc) is 2.39. The smallest absolute Gasteiger partial charge is 0.0731 e. The van der Waals surface area contributed by atoms with Gasteiger partial charge in [-0.25, -0.2) is 0 Å². The molecule has 1 saturated carbocycles. The summed E-state index contributed by atoms with van der Waals surface area (Å²) in [4.78, 5) is 6.93. The summed E-state index contributed by atoms with van der Waals surface area (Å²) in [5, 5.41) is 0. The Morgan fingerprint density at radius 1 is 1.39 bits per heavy atom. The molecule has 1 aromatic rings. The molecule has 2 N–H and O–H groups in total. The number of nitrogen functional groups attached to an aromatic ring is 1. The minimum atomic E-state index is 0.438. The minimum Gasteiger partial charge on any atom is -0.399 e. The van der Waals surface area contributed by atoms with Crippen molar-refractivity contribution in [3.63, 3.8) is 0 Å². The van der Waals surface area contributed by atoms with Crippen molar-refractivity contribution in [2.75, 3.05) is 18.9 Å². The Labute approximate surface area is 108 Å². The van der Waals surface area contributed by atoms with Crippen molar-refractivity contribution in [3.05, 3.63) is 24.0 Å². The number of ether oxygens (including phenoxy) is 1. The number of nitrogens with two attached hydrogens (primary N) is 1. The third-order valence-electron chi connectivity index (χ3n) is 4.05. The van der Waals surface area contributed by atoms with Crippen LogP contribution in [0.2, 0.25) is 0 Å². The van der Waals surface area contributed by atoms with Crippen LogP contribution in [0.3, 0.4) is 0 Å². The van der Waals surface area contributed by atoms with Crippen molar-refractivity contribution in [3.8, 4) is 0 Å². The van der Waals surface area contributed by atoms with Gasteiger partial charge in [0, 0.05) is 31.0 Å². The number of hydrogen-bond donors (Lipinski definition) is 1. The largest absolute Gasteiger partial charge is 0.399 e. The van der Waals surface area contributed by atoms with E-state index in [-0.39, 0.29) is 0 Å². The number of anilines is 1. The Balaban J connectivity index is 1.71. The molecule has 3 rings (SSSR count). The first-order valence-electron chi connectivity index (χ1n) is 6.89. The van der Waals surface area contributed by atoms with Crippen LogP contribution in [0.5, 0.6) is 0 Å². The predicted octanol–water partition coefficient (Wildman–Crippen LogP) is 1.81. The summed E-state index contributed by atoms with van der Waals surface area (Å²) >= 11 is 0. The lowest BCUT2D eigenvalue weighted by Gasteiger charge is -2.43. The first-order valence-corrected chi connectivity index (χ1v) is 6.89. The van der Waals surface area contributed by atoms with Gasteiger partial charge in [0.05, 0.1) is 18.4 Å². The molecule has 1 aliphatic heterocycles. The monoisotopic (exact) mass is 247 g/mol. The third-order valence-corrected chi connectivity index (χ3v) is 4.05. The number of aromatic nitrogens is 1. The van der Waals surface area contributed by atoms with E-state index >= 15 is 0 Å². The molecule has 4 heteroatoms. The highest BCUT2D eigenvalue weighted by atomic mass is 16.5. The van der Waals surface area contributed by atoms with Gasteiger partial charge in [0.25, 0.3) is 0 Å². The van der Waals surface area contributed by atoms with Crippen LogP contribution in [-0.2, 0) is 11.3 Å². The van der Waals surface area contributed by atoms with Crippen LogP contribution in [0, 0.1) is 0 Å². The van der Waals surface area contributed by atoms with E-state index in [2.05, 4.69) is 9.88 Å². The Kier molecular flexibility index (Phi) is 3.48. The molecule has 98 valence electrons. The number of nitrogens with zero attached hydrogens (tertiary/aromatic N) is 2. The van der Waals surface area contributed by atoms with E-state index < -0.39 is 0 Å². The number of morpholine rings is 1. The average molecular weight is 247 g/mol. The van der Waals surface area contributed by atoms with Gasteiger partial charge in [-0.1, -0.05) is 12.8 Å². The fraction of sp³-hybridized carbons (Fsp3) is 0.643. The second-order valence-electron chi connectivity index (χ2n) is 5.31. The molecule has 18 heavy (non-hydrogen) atoms. The molecule has 0 radical (unpaired) electrons. The van der Waals surface area contributed by atoms with E-state index in [1.165, 1.54) is 25.7 Å². The van der Waals surface area contributed by atoms with Crippen molar-refractivity contribution in [1.82, 2.24) is 9.88 Å². The molecule has 2 aliphatic rings. The van der Waals surface area contributed by atoms with Gasteiger partial charge >= 0.3 is 0 Å². The van der Waals surface area contributed by atoms with Crippen LogP contribution < -0.4 is 5.73 Å². The fourth-order valence-electron chi connectivity index (χ4n) is 3.16. The lowest BCUT2D eigenvalue weighted by atomic mass is 9.90. The summed E-state index contributed by atoms with van der Waals surface area (Å²) in [7, 11) is 0. The molecule has 2 unspecified atom stereocenters. The maximum atomic E-state index is 5.89. The predicted molar refractivity (Wildman–Crippen MR) is 71.1 cm³/mol. The second-order valence-corrected chi connectivity index (χ2v) is 5.31. The van der Waals surface area contributed by atoms with Crippen LogP contribution in [0.25, 0.3) is 0 Å². The first kappa shape index (κ1) is 11.9. The summed E-state index contributed by atoms with van der Waals surface area (Å²) in [5.41, 5.74) is 7.68. The second kappa shape index (κ2) is 5.24. The molecular formula is C14H21N3O. The zero-order valence-electron chi connectivity index (χ0n) is 10.7. The maximum Gasteiger partial charge on any atom is 0.0731 e. The minimum absolute atomic E-state index is 0.438. The molecule has 1 aromatic heterocycles. The van der Waals surface area contributed by atoms with Crippen LogP contribution >= 0.6 is 0 Å². The zero-order valence-corrected chi connectivity index (χ0v) is 10.7. The van der Waals surface area contributed by atoms with Crippen LogP contribution in [0.4, 0.5) is 5.69 Å². The van der Waals surface area contributed by atoms with E-state index in [0.717, 1.165) is 31.1 Å². The summed E-state index contributed by atoms with van der Waals surface area (Å²) in [6, 6.07) is 4.40. The van der Waals surface area contributed by atoms with Gasteiger partial charge in [-0.3, -0.25) is 9.88 Å². The Bertz CT molecular complexity index is 408. The van der Waals surface area contributed by atoms with E-state index in [9.17, 15) is 0 Å². The van der Waals surface area contributed by atoms with E-state index in [0.29, 0.717) is 12.1 Å². The fourth-order valence-corrected chi connectivity index (χ4v) is 3.16. The Hall–Kier alpha value is -1.13. The standard InChI is InChI=1S/C14H21N3O/c15-11-5-6-16-12(9-11)10-17-7-8-18-14-4-2-1-3-13(14)17/h5-6,9,13-14H,1-4,7-8,10H2,(H2,15,16). The van der Waals surface area contributed by atoms with Gasteiger partial charge in [0.1, 0.15) is 0 Å². The Morgan fingerprint density at radius 3 is 3.17 bits per heavy atom. The SMILES string of the molecule is Nc1ccnc(CN2CCOC3CCCCC32)c1. The van der Waals surface area contributed by atoms with Gasteiger partial charge in [-0.15, -0.1) is 0 Å². The lowest BCUT2D eigenvalue weighted by molar-refractivity contribution is -0.0914. The van der Waals surface area contributed by atoms with Gasteiger partial charge in [0.2, 0.25) is 0 Å². The number of pyridine rings is 1. The summed E-state index contributed by atoms with van der Waals surface area (Å²) in [5.74, 6) is 0. The number of rotatable bonds is 2. The normalized spacial score (nSPS) is 28.9. The van der Waals surface area contributed by atoms with E-state index in [4.69, 9.17) is 10.5 Å². The van der Waals surface area contributed by atoms with Gasteiger partial charge in [-0.2, -0.15) is 0 Å².